The first-order valence-electron chi connectivity index (χ1n) is 34.1. The quantitative estimate of drug-likeness (QED) is 0.0290. The van der Waals surface area contributed by atoms with Crippen LogP contribution in [0.2, 0.25) is 0 Å². The molecule has 0 N–H and O–H groups in total. The molecular weight excluding hydrogens is 1190 g/mol. The summed E-state index contributed by atoms with van der Waals surface area (Å²) in [5, 5.41) is 2.85. The van der Waals surface area contributed by atoms with E-state index in [0.717, 1.165) is 155 Å². The van der Waals surface area contributed by atoms with Gasteiger partial charge in [-0.25, -0.2) is 18.4 Å². The van der Waals surface area contributed by atoms with Crippen molar-refractivity contribution in [1.29, 1.82) is 0 Å². The molecule has 0 saturated carbocycles. The Morgan fingerprint density at radius 1 is 0.302 bits per heavy atom. The zero-order chi connectivity index (χ0) is 66.3. The summed E-state index contributed by atoms with van der Waals surface area (Å²) in [6, 6.07) is 77.6. The number of ether oxygens (including phenoxy) is 4. The van der Waals surface area contributed by atoms with Crippen LogP contribution in [-0.4, -0.2) is 25.2 Å². The average Bonchev–Trinajstić information content (AvgIpc) is 0.744. The molecule has 6 nitrogen and oxygen atoms in total. The van der Waals surface area contributed by atoms with E-state index in [2.05, 4.69) is 137 Å². The average molecular weight is 1270 g/mol. The number of esters is 2. The lowest BCUT2D eigenvalue weighted by Gasteiger charge is -2.20. The molecule has 12 aromatic carbocycles. The van der Waals surface area contributed by atoms with E-state index in [9.17, 15) is 9.59 Å². The van der Waals surface area contributed by atoms with Crippen LogP contribution >= 0.6 is 0 Å². The molecule has 0 radical (unpaired) electrons. The Morgan fingerprint density at radius 2 is 0.604 bits per heavy atom. The Labute approximate surface area is 563 Å². The maximum absolute atomic E-state index is 16.6. The normalized spacial score (nSPS) is 11.3. The Hall–Kier alpha value is -10.4. The van der Waals surface area contributed by atoms with Crippen LogP contribution in [0.4, 0.5) is 8.78 Å². The standard InChI is InChI=1S/C88H80F2O6/c1-5-9-11-13-53-93-75-43-33-67(34-44-75)71-39-49-79(81(89)57-71)87(91)95-83-51-41-73-55-69(65-29-25-63(26-30-65)61-21-17-59(15-7-3)18-22-61)37-47-77(73)85(83)86-78-48-38-70(66-31-27-64(28-32-66)62-23-19-60(16-8-4)20-24-62)56-74(78)42-52-84(86)96-88(92)80-50-40-72(58-82(80)90)68-35-45-76(46-36-68)94-54-14-12-10-6-2/h17-52,55-58H,5-16,53-54H2,1-4H3. The third-order valence-corrected chi connectivity index (χ3v) is 18.0. The van der Waals surface area contributed by atoms with Crippen molar-refractivity contribution in [3.8, 4) is 101 Å². The van der Waals surface area contributed by atoms with Gasteiger partial charge in [0.15, 0.2) is 0 Å². The molecule has 8 heteroatoms. The first kappa shape index (κ1) is 65.6. The fourth-order valence-electron chi connectivity index (χ4n) is 12.6. The van der Waals surface area contributed by atoms with E-state index in [4.69, 9.17) is 18.9 Å². The monoisotopic (exact) mass is 1270 g/mol. The summed E-state index contributed by atoms with van der Waals surface area (Å²) in [6.45, 7) is 9.96. The van der Waals surface area contributed by atoms with Gasteiger partial charge in [-0.2, -0.15) is 0 Å². The van der Waals surface area contributed by atoms with Crippen molar-refractivity contribution >= 4 is 33.5 Å². The van der Waals surface area contributed by atoms with Gasteiger partial charge in [-0.3, -0.25) is 0 Å². The van der Waals surface area contributed by atoms with E-state index in [1.807, 2.05) is 84.9 Å². The van der Waals surface area contributed by atoms with Crippen molar-refractivity contribution in [1.82, 2.24) is 0 Å². The number of unbranched alkanes of at least 4 members (excludes halogenated alkanes) is 6. The van der Waals surface area contributed by atoms with Gasteiger partial charge in [0, 0.05) is 11.1 Å². The molecule has 12 rings (SSSR count). The van der Waals surface area contributed by atoms with E-state index >= 15 is 8.78 Å². The van der Waals surface area contributed by atoms with Crippen LogP contribution in [-0.2, 0) is 12.8 Å². The summed E-state index contributed by atoms with van der Waals surface area (Å²) in [5.74, 6) is -1.78. The molecule has 0 atom stereocenters. The highest BCUT2D eigenvalue weighted by Gasteiger charge is 2.26. The van der Waals surface area contributed by atoms with Gasteiger partial charge in [0.25, 0.3) is 0 Å². The lowest BCUT2D eigenvalue weighted by atomic mass is 9.89. The summed E-state index contributed by atoms with van der Waals surface area (Å²) < 4.78 is 58.1. The predicted molar refractivity (Wildman–Crippen MR) is 389 cm³/mol. The van der Waals surface area contributed by atoms with Crippen LogP contribution in [0.3, 0.4) is 0 Å². The van der Waals surface area contributed by atoms with Crippen molar-refractivity contribution in [3.05, 3.63) is 277 Å². The van der Waals surface area contributed by atoms with Crippen LogP contribution in [0, 0.1) is 11.6 Å². The smallest absolute Gasteiger partial charge is 0.346 e. The second-order valence-electron chi connectivity index (χ2n) is 24.8. The minimum absolute atomic E-state index is 0.0824. The first-order chi connectivity index (χ1) is 47.0. The SMILES string of the molecule is CCCCCCOc1ccc(-c2ccc(C(=O)Oc3ccc4cc(-c5ccc(-c6ccc(CCC)cc6)cc5)ccc4c3-c3c(OC(=O)c4ccc(-c5ccc(OCCCCCC)cc5)cc4F)ccc4cc(-c5ccc(-c6ccc(CCC)cc6)cc5)ccc34)c(F)c2)cc1. The number of hydrogen-bond acceptors (Lipinski definition) is 6. The highest BCUT2D eigenvalue weighted by atomic mass is 19.1. The van der Waals surface area contributed by atoms with Crippen molar-refractivity contribution in [2.45, 2.75) is 105 Å². The van der Waals surface area contributed by atoms with Crippen LogP contribution in [0.15, 0.2) is 243 Å². The van der Waals surface area contributed by atoms with E-state index in [-0.39, 0.29) is 22.6 Å². The van der Waals surface area contributed by atoms with E-state index in [1.54, 1.807) is 24.3 Å². The molecule has 0 aliphatic carbocycles. The largest absolute Gasteiger partial charge is 0.494 e. The summed E-state index contributed by atoms with van der Waals surface area (Å²) in [7, 11) is 0. The van der Waals surface area contributed by atoms with Gasteiger partial charge in [-0.05, 0) is 198 Å². The molecule has 0 unspecified atom stereocenters. The molecule has 0 aromatic heterocycles. The lowest BCUT2D eigenvalue weighted by molar-refractivity contribution is 0.0718. The van der Waals surface area contributed by atoms with Gasteiger partial charge in [0.1, 0.15) is 34.6 Å². The zero-order valence-electron chi connectivity index (χ0n) is 55.2. The van der Waals surface area contributed by atoms with Crippen LogP contribution in [0.1, 0.15) is 124 Å². The fraction of sp³-hybridized carbons (Fsp3) is 0.205. The van der Waals surface area contributed by atoms with Crippen LogP contribution in [0.5, 0.6) is 23.0 Å². The second kappa shape index (κ2) is 31.2. The Morgan fingerprint density at radius 3 is 0.938 bits per heavy atom. The lowest BCUT2D eigenvalue weighted by Crippen LogP contribution is -2.13. The number of benzene rings is 12. The number of carbonyl (C=O) groups excluding carboxylic acids is 2. The molecule has 0 aliphatic rings. The predicted octanol–water partition coefficient (Wildman–Crippen LogP) is 24.2. The molecule has 482 valence electrons. The number of hydrogen-bond donors (Lipinski definition) is 0. The van der Waals surface area contributed by atoms with Gasteiger partial charge in [-0.1, -0.05) is 249 Å². The number of halogens is 2. The molecule has 0 bridgehead atoms. The maximum atomic E-state index is 16.6. The summed E-state index contributed by atoms with van der Waals surface area (Å²) in [6.07, 6.45) is 13.0. The fourth-order valence-corrected chi connectivity index (χ4v) is 12.6. The number of rotatable bonds is 27. The Bertz CT molecular complexity index is 4350. The zero-order valence-corrected chi connectivity index (χ0v) is 55.2. The molecule has 0 saturated heterocycles. The van der Waals surface area contributed by atoms with Crippen molar-refractivity contribution in [2.24, 2.45) is 0 Å². The van der Waals surface area contributed by atoms with Gasteiger partial charge in [0.2, 0.25) is 0 Å². The highest BCUT2D eigenvalue weighted by Crippen LogP contribution is 2.48. The van der Waals surface area contributed by atoms with Gasteiger partial charge in [-0.15, -0.1) is 0 Å². The molecular formula is C88H80F2O6. The van der Waals surface area contributed by atoms with E-state index < -0.39 is 23.6 Å². The molecule has 0 aliphatic heterocycles. The Balaban J connectivity index is 0.934. The van der Waals surface area contributed by atoms with Crippen molar-refractivity contribution < 1.29 is 37.3 Å². The topological polar surface area (TPSA) is 71.1 Å². The van der Waals surface area contributed by atoms with Gasteiger partial charge >= 0.3 is 11.9 Å². The minimum atomic E-state index is -0.934. The molecule has 0 spiro atoms. The van der Waals surface area contributed by atoms with E-state index in [1.165, 1.54) is 35.4 Å². The molecule has 12 aromatic rings. The van der Waals surface area contributed by atoms with E-state index in [0.29, 0.717) is 46.2 Å². The summed E-state index contributed by atoms with van der Waals surface area (Å²) >= 11 is 0. The van der Waals surface area contributed by atoms with Crippen molar-refractivity contribution in [3.63, 3.8) is 0 Å². The number of aryl methyl sites for hydroxylation is 2. The van der Waals surface area contributed by atoms with Crippen LogP contribution < -0.4 is 18.9 Å². The molecule has 96 heavy (non-hydrogen) atoms. The molecule has 0 heterocycles. The van der Waals surface area contributed by atoms with Gasteiger partial charge in [0.05, 0.1) is 24.3 Å². The van der Waals surface area contributed by atoms with Gasteiger partial charge < -0.3 is 18.9 Å². The third-order valence-electron chi connectivity index (χ3n) is 18.0. The third kappa shape index (κ3) is 15.5. The molecule has 0 fully saturated rings. The maximum Gasteiger partial charge on any atom is 0.346 e. The van der Waals surface area contributed by atoms with Crippen LogP contribution in [0.25, 0.3) is 99.4 Å². The highest BCUT2D eigenvalue weighted by molar-refractivity contribution is 6.12. The Kier molecular flexibility index (Phi) is 21.3. The minimum Gasteiger partial charge on any atom is -0.494 e. The number of carbonyl (C=O) groups is 2. The van der Waals surface area contributed by atoms with Crippen molar-refractivity contribution in [2.75, 3.05) is 13.2 Å². The summed E-state index contributed by atoms with van der Waals surface area (Å²) in [5.41, 5.74) is 13.8. The first-order valence-corrected chi connectivity index (χ1v) is 34.1. The molecule has 0 amide bonds. The summed E-state index contributed by atoms with van der Waals surface area (Å²) in [4.78, 5) is 29.5. The second-order valence-corrected chi connectivity index (χ2v) is 24.8. The number of fused-ring (bicyclic) bond motifs is 2.